The lowest BCUT2D eigenvalue weighted by molar-refractivity contribution is 0.552. The number of fused-ring (bicyclic) bond motifs is 3. The fraction of sp³-hybridized carbons (Fsp3) is 0.250. The zero-order valence-corrected chi connectivity index (χ0v) is 12.2. The summed E-state index contributed by atoms with van der Waals surface area (Å²) in [5, 5.41) is 0. The van der Waals surface area contributed by atoms with Crippen LogP contribution < -0.4 is 4.43 Å². The van der Waals surface area contributed by atoms with Gasteiger partial charge >= 0.3 is 0 Å². The zero-order chi connectivity index (χ0) is 12.8. The maximum Gasteiger partial charge on any atom is 0.242 e. The fourth-order valence-electron chi connectivity index (χ4n) is 2.55. The van der Waals surface area contributed by atoms with Crippen LogP contribution in [0.25, 0.3) is 11.1 Å². The second kappa shape index (κ2) is 3.99. The molecule has 0 atom stereocenters. The lowest BCUT2D eigenvalue weighted by atomic mass is 10.1. The maximum absolute atomic E-state index is 6.21. The highest BCUT2D eigenvalue weighted by Gasteiger charge is 2.24. The molecule has 0 fully saturated rings. The van der Waals surface area contributed by atoms with Crippen molar-refractivity contribution in [3.63, 3.8) is 0 Å². The van der Waals surface area contributed by atoms with Crippen molar-refractivity contribution < 1.29 is 4.43 Å². The lowest BCUT2D eigenvalue weighted by Gasteiger charge is -2.21. The molecule has 3 rings (SSSR count). The number of hydrogen-bond acceptors (Lipinski definition) is 1. The van der Waals surface area contributed by atoms with Gasteiger partial charge in [0.2, 0.25) is 8.32 Å². The van der Waals surface area contributed by atoms with Crippen LogP contribution in [0.4, 0.5) is 0 Å². The molecule has 0 saturated carbocycles. The van der Waals surface area contributed by atoms with E-state index in [0.29, 0.717) is 0 Å². The SMILES string of the molecule is C[Si](C)(C)Oc1cccc2c1Cc1ccccc1-2. The molecule has 0 bridgehead atoms. The smallest absolute Gasteiger partial charge is 0.242 e. The van der Waals surface area contributed by atoms with Crippen molar-refractivity contribution >= 4 is 8.32 Å². The summed E-state index contributed by atoms with van der Waals surface area (Å²) in [4.78, 5) is 0. The average molecular weight is 254 g/mol. The minimum absolute atomic E-state index is 1.01. The molecule has 1 aliphatic carbocycles. The van der Waals surface area contributed by atoms with Gasteiger partial charge in [-0.05, 0) is 42.4 Å². The van der Waals surface area contributed by atoms with Crippen molar-refractivity contribution in [3.05, 3.63) is 53.6 Å². The minimum Gasteiger partial charge on any atom is -0.544 e. The lowest BCUT2D eigenvalue weighted by Crippen LogP contribution is -2.29. The topological polar surface area (TPSA) is 9.23 Å². The molecule has 2 aromatic carbocycles. The van der Waals surface area contributed by atoms with Crippen molar-refractivity contribution in [2.45, 2.75) is 26.1 Å². The van der Waals surface area contributed by atoms with E-state index < -0.39 is 8.32 Å². The van der Waals surface area contributed by atoms with Gasteiger partial charge in [0.15, 0.2) is 0 Å². The van der Waals surface area contributed by atoms with E-state index in [1.807, 2.05) is 0 Å². The normalized spacial score (nSPS) is 13.1. The molecule has 1 nitrogen and oxygen atoms in total. The standard InChI is InChI=1S/C16H18OSi/c1-18(2,3)17-16-10-6-9-14-13-8-5-4-7-12(13)11-15(14)16/h4-10H,11H2,1-3H3. The molecule has 0 aliphatic heterocycles. The predicted octanol–water partition coefficient (Wildman–Crippen LogP) is 4.47. The van der Waals surface area contributed by atoms with Crippen molar-refractivity contribution in [1.29, 1.82) is 0 Å². The Morgan fingerprint density at radius 3 is 2.39 bits per heavy atom. The van der Waals surface area contributed by atoms with E-state index >= 15 is 0 Å². The highest BCUT2D eigenvalue weighted by Crippen LogP contribution is 2.41. The van der Waals surface area contributed by atoms with Crippen molar-refractivity contribution in [1.82, 2.24) is 0 Å². The molecule has 0 heterocycles. The summed E-state index contributed by atoms with van der Waals surface area (Å²) in [5.74, 6) is 1.09. The molecule has 0 unspecified atom stereocenters. The van der Waals surface area contributed by atoms with Gasteiger partial charge in [-0.15, -0.1) is 0 Å². The molecule has 0 radical (unpaired) electrons. The molecule has 2 aromatic rings. The van der Waals surface area contributed by atoms with Crippen molar-refractivity contribution in [3.8, 4) is 16.9 Å². The summed E-state index contributed by atoms with van der Waals surface area (Å²) < 4.78 is 6.21. The van der Waals surface area contributed by atoms with Gasteiger partial charge in [-0.2, -0.15) is 0 Å². The molecule has 92 valence electrons. The van der Waals surface area contributed by atoms with Crippen LogP contribution in [0, 0.1) is 0 Å². The summed E-state index contributed by atoms with van der Waals surface area (Å²) in [6.07, 6.45) is 1.01. The highest BCUT2D eigenvalue weighted by molar-refractivity contribution is 6.70. The number of benzene rings is 2. The zero-order valence-electron chi connectivity index (χ0n) is 11.2. The Balaban J connectivity index is 2.09. The van der Waals surface area contributed by atoms with Gasteiger partial charge in [-0.1, -0.05) is 36.4 Å². The quantitative estimate of drug-likeness (QED) is 0.613. The Kier molecular flexibility index (Phi) is 2.56. The van der Waals surface area contributed by atoms with Crippen molar-refractivity contribution in [2.75, 3.05) is 0 Å². The summed E-state index contributed by atoms with van der Waals surface area (Å²) in [7, 11) is -1.54. The van der Waals surface area contributed by atoms with E-state index in [0.717, 1.165) is 12.2 Å². The predicted molar refractivity (Wildman–Crippen MR) is 78.7 cm³/mol. The van der Waals surface area contributed by atoms with Crippen LogP contribution in [0.2, 0.25) is 19.6 Å². The van der Waals surface area contributed by atoms with Gasteiger partial charge in [-0.25, -0.2) is 0 Å². The molecule has 0 spiro atoms. The van der Waals surface area contributed by atoms with Crippen LogP contribution in [-0.2, 0) is 6.42 Å². The van der Waals surface area contributed by atoms with Gasteiger partial charge in [0.05, 0.1) is 0 Å². The van der Waals surface area contributed by atoms with Crippen LogP contribution >= 0.6 is 0 Å². The first kappa shape index (κ1) is 11.5. The number of rotatable bonds is 2. The fourth-order valence-corrected chi connectivity index (χ4v) is 3.40. The molecule has 0 amide bonds. The van der Waals surface area contributed by atoms with Crippen LogP contribution in [0.3, 0.4) is 0 Å². The van der Waals surface area contributed by atoms with E-state index in [9.17, 15) is 0 Å². The summed E-state index contributed by atoms with van der Waals surface area (Å²) in [6.45, 7) is 6.69. The van der Waals surface area contributed by atoms with E-state index in [2.05, 4.69) is 62.1 Å². The summed E-state index contributed by atoms with van der Waals surface area (Å²) >= 11 is 0. The second-order valence-corrected chi connectivity index (χ2v) is 10.3. The third-order valence-corrected chi connectivity index (χ3v) is 4.06. The summed E-state index contributed by atoms with van der Waals surface area (Å²) in [5.41, 5.74) is 5.50. The van der Waals surface area contributed by atoms with Crippen molar-refractivity contribution in [2.24, 2.45) is 0 Å². The monoisotopic (exact) mass is 254 g/mol. The second-order valence-electron chi connectivity index (χ2n) is 5.83. The van der Waals surface area contributed by atoms with Gasteiger partial charge in [0.25, 0.3) is 0 Å². The molecule has 18 heavy (non-hydrogen) atoms. The van der Waals surface area contributed by atoms with Gasteiger partial charge in [-0.3, -0.25) is 0 Å². The van der Waals surface area contributed by atoms with Gasteiger partial charge < -0.3 is 4.43 Å². The maximum atomic E-state index is 6.21. The first-order chi connectivity index (χ1) is 8.54. The first-order valence-corrected chi connectivity index (χ1v) is 9.84. The molecule has 0 N–H and O–H groups in total. The largest absolute Gasteiger partial charge is 0.544 e. The summed E-state index contributed by atoms with van der Waals surface area (Å²) in [6, 6.07) is 15.1. The van der Waals surface area contributed by atoms with E-state index in [-0.39, 0.29) is 0 Å². The first-order valence-electron chi connectivity index (χ1n) is 6.44. The van der Waals surface area contributed by atoms with E-state index in [1.54, 1.807) is 0 Å². The Morgan fingerprint density at radius 1 is 0.889 bits per heavy atom. The van der Waals surface area contributed by atoms with Crippen LogP contribution in [-0.4, -0.2) is 8.32 Å². The van der Waals surface area contributed by atoms with Gasteiger partial charge in [0, 0.05) is 12.0 Å². The van der Waals surface area contributed by atoms with E-state index in [4.69, 9.17) is 4.43 Å². The Morgan fingerprint density at radius 2 is 1.61 bits per heavy atom. The minimum atomic E-state index is -1.54. The Labute approximate surface area is 110 Å². The highest BCUT2D eigenvalue weighted by atomic mass is 28.4. The molecule has 2 heteroatoms. The molecule has 0 saturated heterocycles. The van der Waals surface area contributed by atoms with Crippen LogP contribution in [0.15, 0.2) is 42.5 Å². The average Bonchev–Trinajstić information content (AvgIpc) is 2.67. The van der Waals surface area contributed by atoms with Crippen LogP contribution in [0.5, 0.6) is 5.75 Å². The molecule has 0 aromatic heterocycles. The molecule has 1 aliphatic rings. The Hall–Kier alpha value is -1.54. The Bertz CT molecular complexity index is 596. The third-order valence-electron chi connectivity index (χ3n) is 3.22. The van der Waals surface area contributed by atoms with Gasteiger partial charge in [0.1, 0.15) is 5.75 Å². The van der Waals surface area contributed by atoms with E-state index in [1.165, 1.54) is 22.3 Å². The molecular weight excluding hydrogens is 236 g/mol. The third kappa shape index (κ3) is 1.97. The molecular formula is C16H18OSi. The number of hydrogen-bond donors (Lipinski definition) is 0. The van der Waals surface area contributed by atoms with Crippen LogP contribution in [0.1, 0.15) is 11.1 Å².